The fraction of sp³-hybridized carbons (Fsp3) is 0. The van der Waals surface area contributed by atoms with Crippen molar-refractivity contribution in [3.05, 3.63) is 41.1 Å². The molecule has 0 amide bonds. The van der Waals surface area contributed by atoms with E-state index in [1.807, 2.05) is 18.2 Å². The van der Waals surface area contributed by atoms with Gasteiger partial charge in [0.05, 0.1) is 0 Å². The second kappa shape index (κ2) is 4.63. The molecule has 3 nitrogen and oxygen atoms in total. The first-order valence-corrected chi connectivity index (χ1v) is 5.86. The maximum Gasteiger partial charge on any atom is 0.123 e. The summed E-state index contributed by atoms with van der Waals surface area (Å²) in [5.74, 6) is 0.531. The van der Waals surface area contributed by atoms with E-state index in [1.54, 1.807) is 30.2 Å². The van der Waals surface area contributed by atoms with Gasteiger partial charge < -0.3 is 5.73 Å². The van der Waals surface area contributed by atoms with Gasteiger partial charge in [0.15, 0.2) is 0 Å². The van der Waals surface area contributed by atoms with Crippen molar-refractivity contribution in [3.8, 4) is 0 Å². The third-order valence-electron chi connectivity index (χ3n) is 1.68. The molecule has 0 bridgehead atoms. The van der Waals surface area contributed by atoms with Gasteiger partial charge in [-0.05, 0) is 40.2 Å². The van der Waals surface area contributed by atoms with Crippen LogP contribution in [0.25, 0.3) is 0 Å². The molecule has 76 valence electrons. The van der Waals surface area contributed by atoms with Crippen LogP contribution in [0.4, 0.5) is 5.82 Å². The molecule has 2 rings (SSSR count). The second-order valence-corrected chi connectivity index (χ2v) is 4.84. The predicted molar refractivity (Wildman–Crippen MR) is 64.7 cm³/mol. The van der Waals surface area contributed by atoms with Gasteiger partial charge in [-0.1, -0.05) is 11.8 Å². The molecule has 0 aliphatic heterocycles. The molecule has 0 aliphatic rings. The Balaban J connectivity index is 2.15. The minimum atomic E-state index is 0.531. The monoisotopic (exact) mass is 281 g/mol. The number of nitrogens with zero attached hydrogens (tertiary/aromatic N) is 2. The van der Waals surface area contributed by atoms with Crippen LogP contribution < -0.4 is 5.73 Å². The summed E-state index contributed by atoms with van der Waals surface area (Å²) in [5.41, 5.74) is 5.50. The fourth-order valence-corrected chi connectivity index (χ4v) is 1.95. The van der Waals surface area contributed by atoms with Crippen LogP contribution in [0, 0.1) is 0 Å². The summed E-state index contributed by atoms with van der Waals surface area (Å²) in [7, 11) is 0. The van der Waals surface area contributed by atoms with Crippen molar-refractivity contribution in [3.63, 3.8) is 0 Å². The summed E-state index contributed by atoms with van der Waals surface area (Å²) in [6.45, 7) is 0. The van der Waals surface area contributed by atoms with E-state index in [0.717, 1.165) is 14.4 Å². The third kappa shape index (κ3) is 2.94. The van der Waals surface area contributed by atoms with Gasteiger partial charge >= 0.3 is 0 Å². The minimum absolute atomic E-state index is 0.531. The smallest absolute Gasteiger partial charge is 0.123 e. The van der Waals surface area contributed by atoms with Gasteiger partial charge in [0, 0.05) is 21.8 Å². The summed E-state index contributed by atoms with van der Waals surface area (Å²) in [5, 5.41) is 0.935. The summed E-state index contributed by atoms with van der Waals surface area (Å²) in [6.07, 6.45) is 3.51. The van der Waals surface area contributed by atoms with Crippen molar-refractivity contribution in [1.29, 1.82) is 0 Å². The van der Waals surface area contributed by atoms with E-state index in [-0.39, 0.29) is 0 Å². The number of aromatic nitrogens is 2. The molecule has 0 aliphatic carbocycles. The molecule has 0 saturated heterocycles. The molecular weight excluding hydrogens is 274 g/mol. The van der Waals surface area contributed by atoms with E-state index < -0.39 is 0 Å². The van der Waals surface area contributed by atoms with Crippen molar-refractivity contribution < 1.29 is 0 Å². The lowest BCUT2D eigenvalue weighted by Gasteiger charge is -2.00. The highest BCUT2D eigenvalue weighted by molar-refractivity contribution is 9.10. The number of pyridine rings is 2. The Hall–Kier alpha value is -1.07. The molecule has 0 radical (unpaired) electrons. The Kier molecular flexibility index (Phi) is 3.23. The van der Waals surface area contributed by atoms with E-state index >= 15 is 0 Å². The van der Waals surface area contributed by atoms with Crippen LogP contribution in [0.5, 0.6) is 0 Å². The van der Waals surface area contributed by atoms with Gasteiger partial charge in [-0.15, -0.1) is 0 Å². The molecule has 0 saturated carbocycles. The van der Waals surface area contributed by atoms with Crippen LogP contribution in [0.2, 0.25) is 0 Å². The highest BCUT2D eigenvalue weighted by atomic mass is 79.9. The highest BCUT2D eigenvalue weighted by Crippen LogP contribution is 2.26. The largest absolute Gasteiger partial charge is 0.384 e. The zero-order chi connectivity index (χ0) is 10.7. The fourth-order valence-electron chi connectivity index (χ4n) is 0.995. The number of halogens is 1. The van der Waals surface area contributed by atoms with Gasteiger partial charge in [0.1, 0.15) is 10.8 Å². The highest BCUT2D eigenvalue weighted by Gasteiger charge is 1.98. The van der Waals surface area contributed by atoms with Crippen molar-refractivity contribution in [1.82, 2.24) is 9.97 Å². The Morgan fingerprint density at radius 3 is 2.53 bits per heavy atom. The van der Waals surface area contributed by atoms with Crippen LogP contribution in [-0.2, 0) is 0 Å². The van der Waals surface area contributed by atoms with Crippen molar-refractivity contribution in [2.45, 2.75) is 9.92 Å². The average molecular weight is 282 g/mol. The van der Waals surface area contributed by atoms with Gasteiger partial charge in [-0.2, -0.15) is 0 Å². The standard InChI is InChI=1S/C10H8BrN3S/c11-7-1-4-10(14-5-7)15-8-2-3-9(12)13-6-8/h1-6H,(H2,12,13). The van der Waals surface area contributed by atoms with Crippen molar-refractivity contribution in [2.75, 3.05) is 5.73 Å². The van der Waals surface area contributed by atoms with Crippen LogP contribution >= 0.6 is 27.7 Å². The van der Waals surface area contributed by atoms with E-state index in [2.05, 4.69) is 25.9 Å². The van der Waals surface area contributed by atoms with Crippen LogP contribution in [0.3, 0.4) is 0 Å². The molecule has 0 spiro atoms. The molecule has 5 heteroatoms. The Morgan fingerprint density at radius 2 is 1.93 bits per heavy atom. The minimum Gasteiger partial charge on any atom is -0.384 e. The number of anilines is 1. The van der Waals surface area contributed by atoms with Gasteiger partial charge in [-0.3, -0.25) is 0 Å². The van der Waals surface area contributed by atoms with Crippen molar-refractivity contribution >= 4 is 33.5 Å². The molecule has 0 unspecified atom stereocenters. The molecule has 2 aromatic heterocycles. The van der Waals surface area contributed by atoms with Crippen LogP contribution in [-0.4, -0.2) is 9.97 Å². The molecule has 2 heterocycles. The van der Waals surface area contributed by atoms with E-state index in [1.165, 1.54) is 0 Å². The SMILES string of the molecule is Nc1ccc(Sc2ccc(Br)cn2)cn1. The maximum absolute atomic E-state index is 5.50. The predicted octanol–water partition coefficient (Wildman–Crippen LogP) is 2.97. The molecule has 0 aromatic carbocycles. The second-order valence-electron chi connectivity index (χ2n) is 2.84. The van der Waals surface area contributed by atoms with Crippen LogP contribution in [0.15, 0.2) is 51.1 Å². The zero-order valence-electron chi connectivity index (χ0n) is 7.72. The molecular formula is C10H8BrN3S. The molecule has 2 aromatic rings. The molecule has 2 N–H and O–H groups in total. The van der Waals surface area contributed by atoms with E-state index in [0.29, 0.717) is 5.82 Å². The Bertz CT molecular complexity index is 398. The first kappa shape index (κ1) is 10.4. The quantitative estimate of drug-likeness (QED) is 0.920. The number of rotatable bonds is 2. The molecule has 0 atom stereocenters. The number of hydrogen-bond donors (Lipinski definition) is 1. The first-order chi connectivity index (χ1) is 7.24. The Labute approximate surface area is 100 Å². The average Bonchev–Trinajstić information content (AvgIpc) is 2.25. The summed E-state index contributed by atoms with van der Waals surface area (Å²) < 4.78 is 0.974. The topological polar surface area (TPSA) is 51.8 Å². The lowest BCUT2D eigenvalue weighted by molar-refractivity contribution is 1.12. The number of hydrogen-bond acceptors (Lipinski definition) is 4. The summed E-state index contributed by atoms with van der Waals surface area (Å²) in [6, 6.07) is 7.61. The number of nitrogens with two attached hydrogens (primary N) is 1. The van der Waals surface area contributed by atoms with Crippen LogP contribution in [0.1, 0.15) is 0 Å². The first-order valence-electron chi connectivity index (χ1n) is 4.25. The summed E-state index contributed by atoms with van der Waals surface area (Å²) >= 11 is 4.89. The van der Waals surface area contributed by atoms with Gasteiger partial charge in [0.25, 0.3) is 0 Å². The lowest BCUT2D eigenvalue weighted by atomic mass is 10.5. The normalized spacial score (nSPS) is 10.2. The van der Waals surface area contributed by atoms with E-state index in [4.69, 9.17) is 5.73 Å². The molecule has 15 heavy (non-hydrogen) atoms. The van der Waals surface area contributed by atoms with Crippen molar-refractivity contribution in [2.24, 2.45) is 0 Å². The van der Waals surface area contributed by atoms with E-state index in [9.17, 15) is 0 Å². The maximum atomic E-state index is 5.50. The number of nitrogen functional groups attached to an aromatic ring is 1. The van der Waals surface area contributed by atoms with Gasteiger partial charge in [0.2, 0.25) is 0 Å². The third-order valence-corrected chi connectivity index (χ3v) is 3.08. The zero-order valence-corrected chi connectivity index (χ0v) is 10.1. The molecule has 0 fully saturated rings. The Morgan fingerprint density at radius 1 is 1.07 bits per heavy atom. The summed E-state index contributed by atoms with van der Waals surface area (Å²) in [4.78, 5) is 9.29. The van der Waals surface area contributed by atoms with Gasteiger partial charge in [-0.25, -0.2) is 9.97 Å². The lowest BCUT2D eigenvalue weighted by Crippen LogP contribution is -1.88.